The molecule has 0 aliphatic carbocycles. The molecule has 0 radical (unpaired) electrons. The second-order valence-electron chi connectivity index (χ2n) is 4.99. The van der Waals surface area contributed by atoms with Gasteiger partial charge in [0.05, 0.1) is 6.61 Å². The van der Waals surface area contributed by atoms with Gasteiger partial charge in [-0.05, 0) is 27.2 Å². The van der Waals surface area contributed by atoms with E-state index in [-0.39, 0.29) is 6.10 Å². The molecule has 2 heterocycles. The Morgan fingerprint density at radius 2 is 2.42 bits per heavy atom. The number of nitrogens with zero attached hydrogens (tertiary/aromatic N) is 2. The number of aryl methyl sites for hydroxylation is 1. The lowest BCUT2D eigenvalue weighted by molar-refractivity contribution is 0.0782. The molecule has 0 aromatic carbocycles. The van der Waals surface area contributed by atoms with Crippen LogP contribution in [0.1, 0.15) is 39.1 Å². The monoisotopic (exact) mass is 267 g/mol. The van der Waals surface area contributed by atoms with E-state index < -0.39 is 0 Å². The van der Waals surface area contributed by atoms with Crippen LogP contribution in [0.5, 0.6) is 0 Å². The quantitative estimate of drug-likeness (QED) is 0.817. The van der Waals surface area contributed by atoms with Crippen molar-refractivity contribution in [2.45, 2.75) is 51.9 Å². The summed E-state index contributed by atoms with van der Waals surface area (Å²) in [5.41, 5.74) is 0. The number of aromatic nitrogens is 2. The van der Waals surface area contributed by atoms with Gasteiger partial charge in [-0.1, -0.05) is 0 Å². The summed E-state index contributed by atoms with van der Waals surface area (Å²) in [6.07, 6.45) is 4.94. The van der Waals surface area contributed by atoms with Crippen LogP contribution in [0.4, 0.5) is 0 Å². The molecular formula is C14H25N3O2. The molecular weight excluding hydrogens is 242 g/mol. The van der Waals surface area contributed by atoms with E-state index in [2.05, 4.69) is 28.7 Å². The van der Waals surface area contributed by atoms with Crippen LogP contribution in [0.2, 0.25) is 0 Å². The van der Waals surface area contributed by atoms with E-state index in [0.29, 0.717) is 12.1 Å². The summed E-state index contributed by atoms with van der Waals surface area (Å²) >= 11 is 0. The highest BCUT2D eigenvalue weighted by Gasteiger charge is 2.33. The van der Waals surface area contributed by atoms with Crippen LogP contribution in [0, 0.1) is 0 Å². The Kier molecular flexibility index (Phi) is 5.36. The summed E-state index contributed by atoms with van der Waals surface area (Å²) in [5.74, 6) is 1.03. The molecule has 1 aromatic rings. The summed E-state index contributed by atoms with van der Waals surface area (Å²) in [6, 6.07) is 0.655. The lowest BCUT2D eigenvalue weighted by Crippen LogP contribution is -2.41. The van der Waals surface area contributed by atoms with E-state index in [1.807, 2.05) is 19.3 Å². The maximum Gasteiger partial charge on any atom is 0.139 e. The Balaban J connectivity index is 1.97. The number of rotatable bonds is 7. The maximum atomic E-state index is 5.87. The lowest BCUT2D eigenvalue weighted by Gasteiger charge is -2.24. The summed E-state index contributed by atoms with van der Waals surface area (Å²) in [4.78, 5) is 4.46. The molecule has 1 aliphatic heterocycles. The summed E-state index contributed by atoms with van der Waals surface area (Å²) in [5, 5.41) is 3.60. The molecule has 19 heavy (non-hydrogen) atoms. The Hall–Kier alpha value is -0.910. The van der Waals surface area contributed by atoms with Crippen molar-refractivity contribution in [1.82, 2.24) is 14.9 Å². The molecule has 5 heteroatoms. The summed E-state index contributed by atoms with van der Waals surface area (Å²) < 4.78 is 13.5. The van der Waals surface area contributed by atoms with Crippen LogP contribution in [0.15, 0.2) is 12.4 Å². The van der Waals surface area contributed by atoms with Crippen LogP contribution < -0.4 is 5.32 Å². The van der Waals surface area contributed by atoms with Crippen molar-refractivity contribution >= 4 is 0 Å². The fourth-order valence-corrected chi connectivity index (χ4v) is 2.57. The van der Waals surface area contributed by atoms with Crippen LogP contribution >= 0.6 is 0 Å². The van der Waals surface area contributed by atoms with Crippen molar-refractivity contribution in [2.75, 3.05) is 19.8 Å². The smallest absolute Gasteiger partial charge is 0.139 e. The number of ether oxygens (including phenoxy) is 2. The van der Waals surface area contributed by atoms with Gasteiger partial charge in [0.25, 0.3) is 0 Å². The van der Waals surface area contributed by atoms with Gasteiger partial charge in [0.1, 0.15) is 11.9 Å². The zero-order chi connectivity index (χ0) is 13.7. The van der Waals surface area contributed by atoms with Gasteiger partial charge in [-0.15, -0.1) is 0 Å². The first kappa shape index (κ1) is 14.5. The van der Waals surface area contributed by atoms with Crippen LogP contribution in [0.25, 0.3) is 0 Å². The molecule has 2 rings (SSSR count). The molecule has 0 bridgehead atoms. The Morgan fingerprint density at radius 1 is 1.58 bits per heavy atom. The maximum absolute atomic E-state index is 5.87. The van der Waals surface area contributed by atoms with Crippen molar-refractivity contribution in [2.24, 2.45) is 0 Å². The number of nitrogens with one attached hydrogen (secondary N) is 1. The second kappa shape index (κ2) is 7.03. The van der Waals surface area contributed by atoms with Gasteiger partial charge in [-0.2, -0.15) is 0 Å². The Morgan fingerprint density at radius 3 is 3.16 bits per heavy atom. The van der Waals surface area contributed by atoms with Crippen molar-refractivity contribution < 1.29 is 9.47 Å². The van der Waals surface area contributed by atoms with Crippen LogP contribution in [-0.4, -0.2) is 41.5 Å². The number of hydrogen-bond donors (Lipinski definition) is 1. The van der Waals surface area contributed by atoms with Gasteiger partial charge < -0.3 is 19.4 Å². The summed E-state index contributed by atoms with van der Waals surface area (Å²) in [7, 11) is 0. The topological polar surface area (TPSA) is 48.3 Å². The van der Waals surface area contributed by atoms with Crippen LogP contribution in [-0.2, 0) is 16.0 Å². The normalized spacial score (nSPS) is 24.8. The molecule has 1 aliphatic rings. The first-order valence-corrected chi connectivity index (χ1v) is 7.22. The second-order valence-corrected chi connectivity index (χ2v) is 4.99. The Bertz CT molecular complexity index is 381. The van der Waals surface area contributed by atoms with Crippen molar-refractivity contribution in [3.8, 4) is 0 Å². The lowest BCUT2D eigenvalue weighted by atomic mass is 10.1. The average molecular weight is 267 g/mol. The molecule has 0 amide bonds. The Labute approximate surface area is 115 Å². The highest BCUT2D eigenvalue weighted by Crippen LogP contribution is 2.28. The van der Waals surface area contributed by atoms with Crippen molar-refractivity contribution in [3.05, 3.63) is 18.2 Å². The first-order chi connectivity index (χ1) is 9.26. The zero-order valence-corrected chi connectivity index (χ0v) is 12.1. The molecule has 1 fully saturated rings. The van der Waals surface area contributed by atoms with E-state index >= 15 is 0 Å². The SMILES string of the molecule is CCOC[C@@H](C)N[C@H]1CCO[C@@H]1c1nccn1CC. The van der Waals surface area contributed by atoms with Gasteiger partial charge in [0, 0.05) is 44.2 Å². The molecule has 1 saturated heterocycles. The minimum absolute atomic E-state index is 0.0547. The van der Waals surface area contributed by atoms with Crippen LogP contribution in [0.3, 0.4) is 0 Å². The van der Waals surface area contributed by atoms with E-state index in [1.165, 1.54) is 0 Å². The van der Waals surface area contributed by atoms with Crippen molar-refractivity contribution in [1.29, 1.82) is 0 Å². The fourth-order valence-electron chi connectivity index (χ4n) is 2.57. The highest BCUT2D eigenvalue weighted by molar-refractivity contribution is 5.03. The third-order valence-corrected chi connectivity index (χ3v) is 3.51. The van der Waals surface area contributed by atoms with E-state index in [9.17, 15) is 0 Å². The van der Waals surface area contributed by atoms with Gasteiger partial charge >= 0.3 is 0 Å². The number of hydrogen-bond acceptors (Lipinski definition) is 4. The summed E-state index contributed by atoms with van der Waals surface area (Å²) in [6.45, 7) is 9.51. The number of imidazole rings is 1. The largest absolute Gasteiger partial charge is 0.380 e. The predicted octanol–water partition coefficient (Wildman–Crippen LogP) is 1.75. The van der Waals surface area contributed by atoms with Crippen molar-refractivity contribution in [3.63, 3.8) is 0 Å². The zero-order valence-electron chi connectivity index (χ0n) is 12.1. The minimum Gasteiger partial charge on any atom is -0.380 e. The highest BCUT2D eigenvalue weighted by atomic mass is 16.5. The van der Waals surface area contributed by atoms with Gasteiger partial charge in [-0.25, -0.2) is 4.98 Å². The van der Waals surface area contributed by atoms with E-state index in [4.69, 9.17) is 9.47 Å². The molecule has 5 nitrogen and oxygen atoms in total. The van der Waals surface area contributed by atoms with E-state index in [1.54, 1.807) is 0 Å². The third-order valence-electron chi connectivity index (χ3n) is 3.51. The molecule has 0 spiro atoms. The molecule has 3 atom stereocenters. The fraction of sp³-hybridized carbons (Fsp3) is 0.786. The molecule has 1 aromatic heterocycles. The van der Waals surface area contributed by atoms with E-state index in [0.717, 1.165) is 38.6 Å². The molecule has 108 valence electrons. The molecule has 0 unspecified atom stereocenters. The standard InChI is InChI=1S/C14H25N3O2/c1-4-17-8-7-15-14(17)13-12(6-9-19-13)16-11(3)10-18-5-2/h7-8,11-13,16H,4-6,9-10H2,1-3H3/t11-,12+,13+/m1/s1. The minimum atomic E-state index is 0.0547. The average Bonchev–Trinajstić information content (AvgIpc) is 3.03. The van der Waals surface area contributed by atoms with Gasteiger partial charge in [-0.3, -0.25) is 0 Å². The molecule has 0 saturated carbocycles. The third kappa shape index (κ3) is 3.55. The predicted molar refractivity (Wildman–Crippen MR) is 74.1 cm³/mol. The first-order valence-electron chi connectivity index (χ1n) is 7.22. The molecule has 1 N–H and O–H groups in total. The van der Waals surface area contributed by atoms with Gasteiger partial charge in [0.2, 0.25) is 0 Å². The van der Waals surface area contributed by atoms with Gasteiger partial charge in [0.15, 0.2) is 0 Å².